The van der Waals surface area contributed by atoms with E-state index < -0.39 is 15.7 Å². The molecule has 25 heavy (non-hydrogen) atoms. The lowest BCUT2D eigenvalue weighted by Gasteiger charge is -2.26. The van der Waals surface area contributed by atoms with Crippen molar-refractivity contribution in [3.05, 3.63) is 28.3 Å². The first kappa shape index (κ1) is 19.7. The normalized spacial score (nSPS) is 18.8. The third-order valence-corrected chi connectivity index (χ3v) is 6.37. The Morgan fingerprint density at radius 2 is 2.00 bits per heavy atom. The van der Waals surface area contributed by atoms with Crippen molar-refractivity contribution in [1.82, 2.24) is 4.90 Å². The second-order valence-electron chi connectivity index (χ2n) is 6.40. The maximum atomic E-state index is 12.4. The first-order chi connectivity index (χ1) is 11.6. The van der Waals surface area contributed by atoms with E-state index in [2.05, 4.69) is 5.32 Å². The molecule has 0 radical (unpaired) electrons. The van der Waals surface area contributed by atoms with E-state index in [0.717, 1.165) is 11.1 Å². The van der Waals surface area contributed by atoms with E-state index in [0.29, 0.717) is 23.7 Å². The van der Waals surface area contributed by atoms with Gasteiger partial charge in [0.05, 0.1) is 22.2 Å². The van der Waals surface area contributed by atoms with Crippen molar-refractivity contribution >= 4 is 38.9 Å². The van der Waals surface area contributed by atoms with E-state index in [4.69, 9.17) is 11.6 Å². The minimum Gasteiger partial charge on any atom is -0.338 e. The summed E-state index contributed by atoms with van der Waals surface area (Å²) >= 11 is 6.16. The Kier molecular flexibility index (Phi) is 6.11. The second kappa shape index (κ2) is 7.74. The van der Waals surface area contributed by atoms with Gasteiger partial charge in [-0.1, -0.05) is 17.7 Å². The summed E-state index contributed by atoms with van der Waals surface area (Å²) in [5.41, 5.74) is 2.30. The fraction of sp³-hybridized carbons (Fsp3) is 0.529. The molecule has 8 heteroatoms. The lowest BCUT2D eigenvalue weighted by Crippen LogP contribution is -2.42. The highest BCUT2D eigenvalue weighted by Gasteiger charge is 2.34. The summed E-state index contributed by atoms with van der Waals surface area (Å²) in [4.78, 5) is 26.2. The molecule has 2 amide bonds. The maximum absolute atomic E-state index is 12.4. The van der Waals surface area contributed by atoms with Crippen molar-refractivity contribution in [2.75, 3.05) is 23.4 Å². The average Bonchev–Trinajstić information content (AvgIpc) is 2.83. The molecule has 0 bridgehead atoms. The molecule has 0 aromatic heterocycles. The molecule has 1 atom stereocenters. The minimum atomic E-state index is -3.09. The summed E-state index contributed by atoms with van der Waals surface area (Å²) in [6.45, 7) is 5.89. The van der Waals surface area contributed by atoms with Gasteiger partial charge in [-0.3, -0.25) is 9.59 Å². The van der Waals surface area contributed by atoms with E-state index in [-0.39, 0.29) is 29.9 Å². The average molecular weight is 387 g/mol. The summed E-state index contributed by atoms with van der Waals surface area (Å²) in [5.74, 6) is -0.774. The number of nitrogens with one attached hydrogen (secondary N) is 1. The van der Waals surface area contributed by atoms with E-state index in [9.17, 15) is 18.0 Å². The molecule has 1 saturated heterocycles. The molecular formula is C17H23ClN2O4S. The Hall–Kier alpha value is -1.60. The van der Waals surface area contributed by atoms with Crippen LogP contribution < -0.4 is 5.32 Å². The van der Waals surface area contributed by atoms with Crippen LogP contribution in [-0.2, 0) is 19.4 Å². The van der Waals surface area contributed by atoms with Crippen LogP contribution in [0.4, 0.5) is 5.69 Å². The van der Waals surface area contributed by atoms with Crippen molar-refractivity contribution in [3.8, 4) is 0 Å². The minimum absolute atomic E-state index is 0.0307. The third-order valence-electron chi connectivity index (χ3n) is 4.32. The van der Waals surface area contributed by atoms with Gasteiger partial charge in [-0.25, -0.2) is 8.42 Å². The number of aryl methyl sites for hydroxylation is 2. The smallest absolute Gasteiger partial charge is 0.233 e. The number of amides is 2. The standard InChI is InChI=1S/C17H23ClN2O4S/c1-4-20(13-5-6-25(23,24)10-13)16(22)9-15(21)19-17-12(3)7-11(2)8-14(17)18/h7-8,13H,4-6,9-10H2,1-3H3,(H,19,21). The van der Waals surface area contributed by atoms with Gasteiger partial charge < -0.3 is 10.2 Å². The maximum Gasteiger partial charge on any atom is 0.233 e. The Bertz CT molecular complexity index is 769. The third kappa shape index (κ3) is 4.95. The predicted octanol–water partition coefficient (Wildman–Crippen LogP) is 2.32. The number of hydrogen-bond acceptors (Lipinski definition) is 4. The van der Waals surface area contributed by atoms with Crippen LogP contribution in [0.5, 0.6) is 0 Å². The van der Waals surface area contributed by atoms with Crippen LogP contribution in [0, 0.1) is 13.8 Å². The molecule has 0 spiro atoms. The fourth-order valence-corrected chi connectivity index (χ4v) is 5.26. The van der Waals surface area contributed by atoms with Crippen molar-refractivity contribution in [1.29, 1.82) is 0 Å². The number of hydrogen-bond donors (Lipinski definition) is 1. The first-order valence-corrected chi connectivity index (χ1v) is 10.4. The van der Waals surface area contributed by atoms with Crippen molar-refractivity contribution in [2.24, 2.45) is 0 Å². The van der Waals surface area contributed by atoms with Gasteiger partial charge in [0.2, 0.25) is 11.8 Å². The lowest BCUT2D eigenvalue weighted by molar-refractivity contribution is -0.135. The van der Waals surface area contributed by atoms with Gasteiger partial charge in [0.25, 0.3) is 0 Å². The molecular weight excluding hydrogens is 364 g/mol. The molecule has 6 nitrogen and oxygen atoms in total. The number of halogens is 1. The molecule has 1 aliphatic rings. The highest BCUT2D eigenvalue weighted by atomic mass is 35.5. The van der Waals surface area contributed by atoms with Gasteiger partial charge in [0.15, 0.2) is 9.84 Å². The van der Waals surface area contributed by atoms with Crippen molar-refractivity contribution in [3.63, 3.8) is 0 Å². The van der Waals surface area contributed by atoms with Crippen LogP contribution >= 0.6 is 11.6 Å². The lowest BCUT2D eigenvalue weighted by atomic mass is 10.1. The van der Waals surface area contributed by atoms with E-state index >= 15 is 0 Å². The zero-order chi connectivity index (χ0) is 18.8. The second-order valence-corrected chi connectivity index (χ2v) is 9.04. The monoisotopic (exact) mass is 386 g/mol. The van der Waals surface area contributed by atoms with Crippen LogP contribution in [-0.4, -0.2) is 49.2 Å². The number of benzene rings is 1. The van der Waals surface area contributed by atoms with Gasteiger partial charge in [-0.05, 0) is 44.4 Å². The molecule has 0 aliphatic carbocycles. The number of carbonyl (C=O) groups excluding carboxylic acids is 2. The molecule has 1 unspecified atom stereocenters. The molecule has 1 aliphatic heterocycles. The SMILES string of the molecule is CCN(C(=O)CC(=O)Nc1c(C)cc(C)cc1Cl)C1CCS(=O)(=O)C1. The number of nitrogens with zero attached hydrogens (tertiary/aromatic N) is 1. The molecule has 1 aromatic carbocycles. The van der Waals surface area contributed by atoms with Crippen LogP contribution in [0.25, 0.3) is 0 Å². The van der Waals surface area contributed by atoms with Gasteiger partial charge in [-0.2, -0.15) is 0 Å². The Morgan fingerprint density at radius 3 is 2.52 bits per heavy atom. The Balaban J connectivity index is 2.03. The number of rotatable bonds is 5. The zero-order valence-electron chi connectivity index (χ0n) is 14.6. The summed E-state index contributed by atoms with van der Waals surface area (Å²) in [5, 5.41) is 3.11. The Morgan fingerprint density at radius 1 is 1.32 bits per heavy atom. The first-order valence-electron chi connectivity index (χ1n) is 8.19. The molecule has 138 valence electrons. The highest BCUT2D eigenvalue weighted by molar-refractivity contribution is 7.91. The molecule has 0 saturated carbocycles. The topological polar surface area (TPSA) is 83.6 Å². The van der Waals surface area contributed by atoms with Gasteiger partial charge in [0, 0.05) is 12.6 Å². The molecule has 1 heterocycles. The van der Waals surface area contributed by atoms with Crippen molar-refractivity contribution < 1.29 is 18.0 Å². The van der Waals surface area contributed by atoms with E-state index in [1.807, 2.05) is 19.9 Å². The van der Waals surface area contributed by atoms with Crippen molar-refractivity contribution in [2.45, 2.75) is 39.7 Å². The Labute approximate surface area is 153 Å². The van der Waals surface area contributed by atoms with Crippen LogP contribution in [0.2, 0.25) is 5.02 Å². The molecule has 2 rings (SSSR count). The summed E-state index contributed by atoms with van der Waals surface area (Å²) in [6.07, 6.45) is 0.0838. The van der Waals surface area contributed by atoms with Gasteiger partial charge in [-0.15, -0.1) is 0 Å². The molecule has 1 fully saturated rings. The quantitative estimate of drug-likeness (QED) is 0.787. The summed E-state index contributed by atoms with van der Waals surface area (Å²) < 4.78 is 23.2. The highest BCUT2D eigenvalue weighted by Crippen LogP contribution is 2.27. The van der Waals surface area contributed by atoms with E-state index in [1.54, 1.807) is 13.0 Å². The van der Waals surface area contributed by atoms with Crippen LogP contribution in [0.1, 0.15) is 30.9 Å². The van der Waals surface area contributed by atoms with Crippen LogP contribution in [0.3, 0.4) is 0 Å². The summed E-state index contributed by atoms with van der Waals surface area (Å²) in [7, 11) is -3.09. The zero-order valence-corrected chi connectivity index (χ0v) is 16.2. The number of sulfone groups is 1. The van der Waals surface area contributed by atoms with Crippen LogP contribution in [0.15, 0.2) is 12.1 Å². The predicted molar refractivity (Wildman–Crippen MR) is 98.6 cm³/mol. The largest absolute Gasteiger partial charge is 0.338 e. The van der Waals surface area contributed by atoms with Gasteiger partial charge in [0.1, 0.15) is 6.42 Å². The van der Waals surface area contributed by atoms with Gasteiger partial charge >= 0.3 is 0 Å². The number of anilines is 1. The number of carbonyl (C=O) groups is 2. The fourth-order valence-electron chi connectivity index (χ4n) is 3.16. The summed E-state index contributed by atoms with van der Waals surface area (Å²) in [6, 6.07) is 3.29. The molecule has 1 N–H and O–H groups in total. The molecule has 1 aromatic rings. The van der Waals surface area contributed by atoms with E-state index in [1.165, 1.54) is 4.90 Å².